The Hall–Kier alpha value is -3.07. The molecule has 3 rings (SSSR count). The van der Waals surface area contributed by atoms with E-state index in [-0.39, 0.29) is 17.1 Å². The summed E-state index contributed by atoms with van der Waals surface area (Å²) in [5.41, 5.74) is 1.10. The zero-order chi connectivity index (χ0) is 17.2. The summed E-state index contributed by atoms with van der Waals surface area (Å²) in [4.78, 5) is 10.6. The van der Waals surface area contributed by atoms with Crippen LogP contribution in [-0.4, -0.2) is 31.2 Å². The van der Waals surface area contributed by atoms with Gasteiger partial charge in [0.25, 0.3) is 10.0 Å². The van der Waals surface area contributed by atoms with Crippen molar-refractivity contribution in [3.63, 3.8) is 0 Å². The van der Waals surface area contributed by atoms with E-state index in [4.69, 9.17) is 9.63 Å². The van der Waals surface area contributed by atoms with Crippen LogP contribution < -0.4 is 10.0 Å². The van der Waals surface area contributed by atoms with Crippen LogP contribution in [0.4, 0.5) is 11.4 Å². The van der Waals surface area contributed by atoms with Crippen LogP contribution >= 0.6 is 0 Å². The Kier molecular flexibility index (Phi) is 4.09. The lowest BCUT2D eigenvalue weighted by Gasteiger charge is -2.13. The fourth-order valence-electron chi connectivity index (χ4n) is 2.16. The van der Waals surface area contributed by atoms with Gasteiger partial charge in [0.05, 0.1) is 11.9 Å². The van der Waals surface area contributed by atoms with Gasteiger partial charge in [-0.3, -0.25) is 9.52 Å². The molecule has 0 saturated heterocycles. The Balaban J connectivity index is 1.91. The topological polar surface area (TPSA) is 122 Å². The number of sulfonamides is 1. The molecule has 2 aromatic carbocycles. The van der Waals surface area contributed by atoms with E-state index in [1.807, 2.05) is 0 Å². The standard InChI is InChI=1S/C15H13N3O5S/c19-15(20)9-16-12-3-1-2-4-14(12)24(21,22)18-11-5-6-13-10(7-11)8-17-23-13/h1-8,16,18H,9H2,(H,19,20). The second-order valence-corrected chi connectivity index (χ2v) is 6.58. The number of anilines is 2. The number of para-hydroxylation sites is 1. The smallest absolute Gasteiger partial charge is 0.322 e. The summed E-state index contributed by atoms with van der Waals surface area (Å²) in [6, 6.07) is 10.8. The molecule has 0 aliphatic carbocycles. The van der Waals surface area contributed by atoms with Gasteiger partial charge in [0.1, 0.15) is 11.4 Å². The number of carbonyl (C=O) groups is 1. The molecule has 1 heterocycles. The molecule has 0 amide bonds. The van der Waals surface area contributed by atoms with Gasteiger partial charge in [-0.25, -0.2) is 8.42 Å². The van der Waals surface area contributed by atoms with E-state index in [9.17, 15) is 13.2 Å². The number of aliphatic carboxylic acids is 1. The molecule has 1 aromatic heterocycles. The van der Waals surface area contributed by atoms with Crippen LogP contribution in [0.5, 0.6) is 0 Å². The van der Waals surface area contributed by atoms with Crippen molar-refractivity contribution >= 4 is 38.3 Å². The Morgan fingerprint density at radius 2 is 2.00 bits per heavy atom. The van der Waals surface area contributed by atoms with Crippen molar-refractivity contribution in [1.29, 1.82) is 0 Å². The number of carboxylic acid groups (broad SMARTS) is 1. The first-order chi connectivity index (χ1) is 11.5. The van der Waals surface area contributed by atoms with Crippen molar-refractivity contribution in [2.24, 2.45) is 0 Å². The van der Waals surface area contributed by atoms with Gasteiger partial charge in [-0.15, -0.1) is 0 Å². The molecule has 0 aliphatic heterocycles. The molecule has 0 saturated carbocycles. The molecule has 9 heteroatoms. The summed E-state index contributed by atoms with van der Waals surface area (Å²) in [6.07, 6.45) is 1.48. The van der Waals surface area contributed by atoms with E-state index in [1.165, 1.54) is 18.3 Å². The highest BCUT2D eigenvalue weighted by Gasteiger charge is 2.19. The normalized spacial score (nSPS) is 11.3. The second kappa shape index (κ2) is 6.20. The highest BCUT2D eigenvalue weighted by Crippen LogP contribution is 2.25. The largest absolute Gasteiger partial charge is 0.480 e. The molecule has 0 atom stereocenters. The van der Waals surface area contributed by atoms with Gasteiger partial charge in [0, 0.05) is 11.1 Å². The van der Waals surface area contributed by atoms with Gasteiger partial charge in [-0.2, -0.15) is 0 Å². The third-order valence-corrected chi connectivity index (χ3v) is 4.65. The Bertz CT molecular complexity index is 997. The fourth-order valence-corrected chi connectivity index (χ4v) is 3.40. The maximum Gasteiger partial charge on any atom is 0.322 e. The molecule has 0 fully saturated rings. The molecule has 124 valence electrons. The summed E-state index contributed by atoms with van der Waals surface area (Å²) in [5.74, 6) is -1.09. The van der Waals surface area contributed by atoms with Crippen molar-refractivity contribution in [2.75, 3.05) is 16.6 Å². The number of hydrogen-bond donors (Lipinski definition) is 3. The number of nitrogens with zero attached hydrogens (tertiary/aromatic N) is 1. The lowest BCUT2D eigenvalue weighted by molar-refractivity contribution is -0.134. The minimum absolute atomic E-state index is 0.0448. The van der Waals surface area contributed by atoms with Crippen molar-refractivity contribution < 1.29 is 22.8 Å². The average molecular weight is 347 g/mol. The van der Waals surface area contributed by atoms with Crippen LogP contribution in [0, 0.1) is 0 Å². The minimum atomic E-state index is -3.90. The molecule has 0 spiro atoms. The molecule has 8 nitrogen and oxygen atoms in total. The van der Waals surface area contributed by atoms with Gasteiger partial charge in [0.2, 0.25) is 0 Å². The van der Waals surface area contributed by atoms with Gasteiger partial charge >= 0.3 is 5.97 Å². The van der Waals surface area contributed by atoms with Crippen molar-refractivity contribution in [1.82, 2.24) is 5.16 Å². The summed E-state index contributed by atoms with van der Waals surface area (Å²) >= 11 is 0. The van der Waals surface area contributed by atoms with Crippen molar-refractivity contribution in [3.8, 4) is 0 Å². The molecule has 0 aliphatic rings. The molecule has 0 unspecified atom stereocenters. The highest BCUT2D eigenvalue weighted by molar-refractivity contribution is 7.92. The molecule has 0 radical (unpaired) electrons. The van der Waals surface area contributed by atoms with Crippen LogP contribution in [0.15, 0.2) is 58.1 Å². The quantitative estimate of drug-likeness (QED) is 0.624. The maximum absolute atomic E-state index is 12.6. The molecular weight excluding hydrogens is 334 g/mol. The van der Waals surface area contributed by atoms with E-state index in [1.54, 1.807) is 30.3 Å². The number of nitrogens with one attached hydrogen (secondary N) is 2. The molecular formula is C15H13N3O5S. The predicted molar refractivity (Wildman–Crippen MR) is 87.4 cm³/mol. The first-order valence-electron chi connectivity index (χ1n) is 6.88. The molecule has 3 N–H and O–H groups in total. The Morgan fingerprint density at radius 1 is 1.21 bits per heavy atom. The third-order valence-electron chi connectivity index (χ3n) is 3.21. The van der Waals surface area contributed by atoms with E-state index >= 15 is 0 Å². The summed E-state index contributed by atoms with van der Waals surface area (Å²) < 4.78 is 32.6. The van der Waals surface area contributed by atoms with Gasteiger partial charge in [-0.1, -0.05) is 17.3 Å². The van der Waals surface area contributed by atoms with E-state index < -0.39 is 16.0 Å². The molecule has 24 heavy (non-hydrogen) atoms. The van der Waals surface area contributed by atoms with Gasteiger partial charge in [-0.05, 0) is 30.3 Å². The summed E-state index contributed by atoms with van der Waals surface area (Å²) in [5, 5.41) is 15.6. The number of carboxylic acids is 1. The molecule has 0 bridgehead atoms. The number of aromatic nitrogens is 1. The lowest BCUT2D eigenvalue weighted by Crippen LogP contribution is -2.18. The summed E-state index contributed by atoms with van der Waals surface area (Å²) in [7, 11) is -3.90. The zero-order valence-corrected chi connectivity index (χ0v) is 13.1. The molecule has 3 aromatic rings. The van der Waals surface area contributed by atoms with Crippen molar-refractivity contribution in [2.45, 2.75) is 4.90 Å². The maximum atomic E-state index is 12.6. The number of hydrogen-bond acceptors (Lipinski definition) is 6. The minimum Gasteiger partial charge on any atom is -0.480 e. The lowest BCUT2D eigenvalue weighted by atomic mass is 10.2. The number of fused-ring (bicyclic) bond motifs is 1. The van der Waals surface area contributed by atoms with Gasteiger partial charge < -0.3 is 14.9 Å². The van der Waals surface area contributed by atoms with Crippen LogP contribution in [0.2, 0.25) is 0 Å². The van der Waals surface area contributed by atoms with Crippen molar-refractivity contribution in [3.05, 3.63) is 48.7 Å². The Morgan fingerprint density at radius 3 is 2.79 bits per heavy atom. The van der Waals surface area contributed by atoms with Gasteiger partial charge in [0.15, 0.2) is 5.58 Å². The van der Waals surface area contributed by atoms with Crippen LogP contribution in [0.1, 0.15) is 0 Å². The predicted octanol–water partition coefficient (Wildman–Crippen LogP) is 2.13. The zero-order valence-electron chi connectivity index (χ0n) is 12.3. The first kappa shape index (κ1) is 15.8. The van der Waals surface area contributed by atoms with Crippen LogP contribution in [0.25, 0.3) is 11.0 Å². The third kappa shape index (κ3) is 3.30. The van der Waals surface area contributed by atoms with E-state index in [2.05, 4.69) is 15.2 Å². The first-order valence-corrected chi connectivity index (χ1v) is 8.36. The monoisotopic (exact) mass is 347 g/mol. The SMILES string of the molecule is O=C(O)CNc1ccccc1S(=O)(=O)Nc1ccc2oncc2c1. The van der Waals surface area contributed by atoms with Crippen LogP contribution in [0.3, 0.4) is 0 Å². The number of benzene rings is 2. The highest BCUT2D eigenvalue weighted by atomic mass is 32.2. The number of rotatable bonds is 6. The average Bonchev–Trinajstić information content (AvgIpc) is 3.00. The Labute approximate surface area is 137 Å². The van der Waals surface area contributed by atoms with E-state index in [0.717, 1.165) is 0 Å². The summed E-state index contributed by atoms with van der Waals surface area (Å²) in [6.45, 7) is -0.390. The van der Waals surface area contributed by atoms with Crippen LogP contribution in [-0.2, 0) is 14.8 Å². The fraction of sp³-hybridized carbons (Fsp3) is 0.0667. The van der Waals surface area contributed by atoms with E-state index in [0.29, 0.717) is 16.7 Å². The second-order valence-electron chi connectivity index (χ2n) is 4.93.